The lowest BCUT2D eigenvalue weighted by atomic mass is 10.2. The van der Waals surface area contributed by atoms with Crippen LogP contribution >= 0.6 is 11.3 Å². The van der Waals surface area contributed by atoms with E-state index in [1.54, 1.807) is 6.20 Å². The Morgan fingerprint density at radius 3 is 2.67 bits per heavy atom. The lowest BCUT2D eigenvalue weighted by Gasteiger charge is -2.05. The number of aromatic nitrogens is 3. The summed E-state index contributed by atoms with van der Waals surface area (Å²) in [4.78, 5) is 32.7. The number of hydrogen-bond donors (Lipinski definition) is 2. The molecule has 0 fully saturated rings. The molecular formula is C19H17N5O2S. The molecule has 4 aromatic rings. The molecule has 3 heterocycles. The Morgan fingerprint density at radius 1 is 1.11 bits per heavy atom. The van der Waals surface area contributed by atoms with Crippen molar-refractivity contribution >= 4 is 49.8 Å². The second-order valence-electron chi connectivity index (χ2n) is 6.34. The van der Waals surface area contributed by atoms with Gasteiger partial charge >= 0.3 is 0 Å². The Labute approximate surface area is 159 Å². The number of hydrogen-bond acceptors (Lipinski definition) is 5. The van der Waals surface area contributed by atoms with Crippen molar-refractivity contribution in [3.05, 3.63) is 53.5 Å². The summed E-state index contributed by atoms with van der Waals surface area (Å²) in [5.74, 6) is -0.445. The first-order chi connectivity index (χ1) is 12.9. The molecule has 1 aromatic carbocycles. The molecule has 0 bridgehead atoms. The van der Waals surface area contributed by atoms with Gasteiger partial charge in [-0.3, -0.25) is 14.9 Å². The van der Waals surface area contributed by atoms with Crippen molar-refractivity contribution in [2.24, 2.45) is 0 Å². The van der Waals surface area contributed by atoms with Gasteiger partial charge in [-0.1, -0.05) is 17.4 Å². The first-order valence-corrected chi connectivity index (χ1v) is 9.17. The van der Waals surface area contributed by atoms with E-state index in [2.05, 4.69) is 20.6 Å². The zero-order valence-corrected chi connectivity index (χ0v) is 15.8. The Kier molecular flexibility index (Phi) is 4.12. The Morgan fingerprint density at radius 2 is 1.93 bits per heavy atom. The number of rotatable bonds is 3. The fraction of sp³-hybridized carbons (Fsp3) is 0.158. The average Bonchev–Trinajstić information content (AvgIpc) is 3.19. The van der Waals surface area contributed by atoms with Crippen LogP contribution in [0, 0.1) is 13.8 Å². The summed E-state index contributed by atoms with van der Waals surface area (Å²) in [6, 6.07) is 7.62. The molecule has 2 N–H and O–H groups in total. The molecule has 0 aliphatic rings. The van der Waals surface area contributed by atoms with Crippen molar-refractivity contribution in [2.75, 3.05) is 10.6 Å². The normalized spacial score (nSPS) is 11.1. The van der Waals surface area contributed by atoms with E-state index in [1.165, 1.54) is 18.3 Å². The largest absolute Gasteiger partial charge is 0.326 e. The first kappa shape index (κ1) is 17.2. The number of imidazole rings is 1. The third kappa shape index (κ3) is 3.26. The average molecular weight is 379 g/mol. The van der Waals surface area contributed by atoms with Gasteiger partial charge in [0.25, 0.3) is 5.91 Å². The van der Waals surface area contributed by atoms with Gasteiger partial charge < -0.3 is 9.72 Å². The van der Waals surface area contributed by atoms with Crippen molar-refractivity contribution in [3.63, 3.8) is 0 Å². The highest BCUT2D eigenvalue weighted by Gasteiger charge is 2.15. The van der Waals surface area contributed by atoms with Gasteiger partial charge in [0.15, 0.2) is 5.13 Å². The van der Waals surface area contributed by atoms with Crippen LogP contribution in [0.25, 0.3) is 15.9 Å². The zero-order valence-electron chi connectivity index (χ0n) is 15.0. The van der Waals surface area contributed by atoms with Crippen LogP contribution in [-0.2, 0) is 4.79 Å². The van der Waals surface area contributed by atoms with Crippen molar-refractivity contribution in [3.8, 4) is 0 Å². The van der Waals surface area contributed by atoms with E-state index in [4.69, 9.17) is 0 Å². The summed E-state index contributed by atoms with van der Waals surface area (Å²) < 4.78 is 2.76. The summed E-state index contributed by atoms with van der Waals surface area (Å²) in [5, 5.41) is 6.09. The number of carbonyl (C=O) groups is 2. The van der Waals surface area contributed by atoms with Crippen LogP contribution in [0.1, 0.15) is 28.5 Å². The summed E-state index contributed by atoms with van der Waals surface area (Å²) in [6.45, 7) is 5.33. The summed E-state index contributed by atoms with van der Waals surface area (Å²) >= 11 is 1.38. The van der Waals surface area contributed by atoms with Crippen molar-refractivity contribution in [1.29, 1.82) is 0 Å². The van der Waals surface area contributed by atoms with Gasteiger partial charge in [-0.15, -0.1) is 0 Å². The maximum absolute atomic E-state index is 12.6. The highest BCUT2D eigenvalue weighted by molar-refractivity contribution is 7.22. The predicted molar refractivity (Wildman–Crippen MR) is 107 cm³/mol. The van der Waals surface area contributed by atoms with Crippen LogP contribution in [0.3, 0.4) is 0 Å². The number of anilines is 2. The smallest absolute Gasteiger partial charge is 0.277 e. The van der Waals surface area contributed by atoms with Crippen LogP contribution in [0.2, 0.25) is 0 Å². The third-order valence-corrected chi connectivity index (χ3v) is 5.11. The highest BCUT2D eigenvalue weighted by Crippen LogP contribution is 2.30. The van der Waals surface area contributed by atoms with Gasteiger partial charge in [-0.05, 0) is 43.2 Å². The van der Waals surface area contributed by atoms with Crippen LogP contribution in [0.15, 0.2) is 36.7 Å². The Balaban J connectivity index is 1.63. The number of aryl methyl sites for hydroxylation is 2. The molecule has 8 heteroatoms. The number of carbonyl (C=O) groups excluding carboxylic acids is 2. The van der Waals surface area contributed by atoms with Gasteiger partial charge in [-0.25, -0.2) is 9.97 Å². The van der Waals surface area contributed by atoms with E-state index >= 15 is 0 Å². The van der Waals surface area contributed by atoms with Crippen LogP contribution in [0.5, 0.6) is 0 Å². The Bertz CT molecular complexity index is 1210. The third-order valence-electron chi connectivity index (χ3n) is 4.18. The van der Waals surface area contributed by atoms with Crippen molar-refractivity contribution in [1.82, 2.24) is 14.4 Å². The zero-order chi connectivity index (χ0) is 19.1. The molecule has 0 saturated heterocycles. The van der Waals surface area contributed by atoms with Gasteiger partial charge in [0.2, 0.25) is 5.91 Å². The molecule has 2 amide bonds. The standard InChI is InChI=1S/C19H17N5O2S/c1-10-5-4-6-24-9-15(21-17(10)24)18(26)23-19-22-14-8-13(20-12(3)25)11(2)7-16(14)27-19/h4-9H,1-3H3,(H,20,25)(H,22,23,26). The lowest BCUT2D eigenvalue weighted by molar-refractivity contribution is -0.114. The predicted octanol–water partition coefficient (Wildman–Crippen LogP) is 3.77. The molecule has 0 unspecified atom stereocenters. The van der Waals surface area contributed by atoms with Crippen molar-refractivity contribution < 1.29 is 9.59 Å². The van der Waals surface area contributed by atoms with Gasteiger partial charge in [-0.2, -0.15) is 0 Å². The first-order valence-electron chi connectivity index (χ1n) is 8.35. The fourth-order valence-electron chi connectivity index (χ4n) is 2.88. The van der Waals surface area contributed by atoms with E-state index in [-0.39, 0.29) is 11.8 Å². The molecule has 7 nitrogen and oxygen atoms in total. The van der Waals surface area contributed by atoms with E-state index in [0.29, 0.717) is 16.5 Å². The molecule has 4 rings (SSSR count). The van der Waals surface area contributed by atoms with E-state index in [1.807, 2.05) is 48.7 Å². The Hall–Kier alpha value is -3.26. The second-order valence-corrected chi connectivity index (χ2v) is 7.37. The van der Waals surface area contributed by atoms with Gasteiger partial charge in [0.05, 0.1) is 10.2 Å². The van der Waals surface area contributed by atoms with Gasteiger partial charge in [0.1, 0.15) is 11.3 Å². The minimum atomic E-state index is -0.309. The minimum absolute atomic E-state index is 0.136. The molecular weight excluding hydrogens is 362 g/mol. The lowest BCUT2D eigenvalue weighted by Crippen LogP contribution is -2.11. The molecule has 27 heavy (non-hydrogen) atoms. The van der Waals surface area contributed by atoms with Gasteiger partial charge in [0, 0.05) is 25.0 Å². The second kappa shape index (κ2) is 6.48. The number of pyridine rings is 1. The number of fused-ring (bicyclic) bond motifs is 2. The summed E-state index contributed by atoms with van der Waals surface area (Å²) in [5.41, 5.74) is 4.46. The number of benzene rings is 1. The monoisotopic (exact) mass is 379 g/mol. The van der Waals surface area contributed by atoms with E-state index < -0.39 is 0 Å². The number of nitrogens with zero attached hydrogens (tertiary/aromatic N) is 3. The summed E-state index contributed by atoms with van der Waals surface area (Å²) in [7, 11) is 0. The highest BCUT2D eigenvalue weighted by atomic mass is 32.1. The number of nitrogens with one attached hydrogen (secondary N) is 2. The molecule has 0 saturated carbocycles. The van der Waals surface area contributed by atoms with Crippen LogP contribution in [0.4, 0.5) is 10.8 Å². The molecule has 136 valence electrons. The molecule has 0 radical (unpaired) electrons. The van der Waals surface area contributed by atoms with Crippen molar-refractivity contribution in [2.45, 2.75) is 20.8 Å². The number of thiazole rings is 1. The summed E-state index contributed by atoms with van der Waals surface area (Å²) in [6.07, 6.45) is 3.56. The molecule has 3 aromatic heterocycles. The quantitative estimate of drug-likeness (QED) is 0.567. The van der Waals surface area contributed by atoms with Crippen LogP contribution < -0.4 is 10.6 Å². The maximum Gasteiger partial charge on any atom is 0.277 e. The molecule has 0 spiro atoms. The van der Waals surface area contributed by atoms with Crippen LogP contribution in [-0.4, -0.2) is 26.2 Å². The van der Waals surface area contributed by atoms with E-state index in [9.17, 15) is 9.59 Å². The number of amides is 2. The topological polar surface area (TPSA) is 88.4 Å². The SMILES string of the molecule is CC(=O)Nc1cc2nc(NC(=O)c3cn4cccc(C)c4n3)sc2cc1C. The molecule has 0 atom stereocenters. The maximum atomic E-state index is 12.6. The molecule has 0 aliphatic heterocycles. The molecule has 0 aliphatic carbocycles. The van der Waals surface area contributed by atoms with E-state index in [0.717, 1.165) is 27.0 Å². The minimum Gasteiger partial charge on any atom is -0.326 e. The fourth-order valence-corrected chi connectivity index (χ4v) is 3.82.